The van der Waals surface area contributed by atoms with Gasteiger partial charge in [0.2, 0.25) is 0 Å². The van der Waals surface area contributed by atoms with Gasteiger partial charge < -0.3 is 4.74 Å². The van der Waals surface area contributed by atoms with Crippen LogP contribution in [0.1, 0.15) is 19.4 Å². The molecule has 1 aromatic carbocycles. The van der Waals surface area contributed by atoms with Crippen molar-refractivity contribution in [2.24, 2.45) is 5.92 Å². The number of ether oxygens (including phenoxy) is 1. The van der Waals surface area contributed by atoms with Crippen molar-refractivity contribution in [3.63, 3.8) is 0 Å². The topological polar surface area (TPSA) is 9.23 Å². The van der Waals surface area contributed by atoms with Crippen LogP contribution in [0.3, 0.4) is 0 Å². The van der Waals surface area contributed by atoms with Crippen LogP contribution in [0.25, 0.3) is 0 Å². The predicted molar refractivity (Wildman–Crippen MR) is 68.8 cm³/mol. The van der Waals surface area contributed by atoms with Crippen molar-refractivity contribution in [2.75, 3.05) is 18.1 Å². The first-order valence-corrected chi connectivity index (χ1v) is 6.61. The maximum atomic E-state index is 5.62. The van der Waals surface area contributed by atoms with E-state index in [1.807, 2.05) is 23.9 Å². The lowest BCUT2D eigenvalue weighted by atomic mass is 10.2. The zero-order chi connectivity index (χ0) is 11.1. The van der Waals surface area contributed by atoms with Crippen LogP contribution in [-0.2, 0) is 0 Å². The normalized spacial score (nSPS) is 10.7. The van der Waals surface area contributed by atoms with Gasteiger partial charge in [0.15, 0.2) is 0 Å². The van der Waals surface area contributed by atoms with Crippen LogP contribution in [0.4, 0.5) is 0 Å². The number of benzene rings is 1. The molecule has 0 amide bonds. The smallest absolute Gasteiger partial charge is 0.119 e. The average molecular weight is 224 g/mol. The van der Waals surface area contributed by atoms with Gasteiger partial charge in [0, 0.05) is 5.75 Å². The van der Waals surface area contributed by atoms with E-state index in [0.29, 0.717) is 0 Å². The van der Waals surface area contributed by atoms with E-state index >= 15 is 0 Å². The highest BCUT2D eigenvalue weighted by atomic mass is 32.2. The molecule has 0 aliphatic rings. The van der Waals surface area contributed by atoms with Crippen LogP contribution in [-0.4, -0.2) is 18.1 Å². The molecule has 0 aromatic heterocycles. The van der Waals surface area contributed by atoms with Crippen LogP contribution in [0.15, 0.2) is 24.3 Å². The van der Waals surface area contributed by atoms with E-state index in [1.165, 1.54) is 11.3 Å². The van der Waals surface area contributed by atoms with Crippen LogP contribution in [0.5, 0.6) is 5.75 Å². The van der Waals surface area contributed by atoms with Gasteiger partial charge in [-0.1, -0.05) is 31.5 Å². The Bertz CT molecular complexity index is 266. The summed E-state index contributed by atoms with van der Waals surface area (Å²) in [5.41, 5.74) is 1.27. The van der Waals surface area contributed by atoms with Gasteiger partial charge in [-0.25, -0.2) is 0 Å². The summed E-state index contributed by atoms with van der Waals surface area (Å²) >= 11 is 1.96. The first kappa shape index (κ1) is 12.4. The summed E-state index contributed by atoms with van der Waals surface area (Å²) in [6, 6.07) is 8.22. The Balaban J connectivity index is 2.12. The first-order chi connectivity index (χ1) is 7.18. The van der Waals surface area contributed by atoms with Crippen molar-refractivity contribution < 1.29 is 4.74 Å². The molecular formula is C13H20OS. The fourth-order valence-corrected chi connectivity index (χ4v) is 2.01. The Morgan fingerprint density at radius 1 is 1.20 bits per heavy atom. The monoisotopic (exact) mass is 224 g/mol. The van der Waals surface area contributed by atoms with E-state index in [0.717, 1.165) is 24.0 Å². The lowest BCUT2D eigenvalue weighted by molar-refractivity contribution is 0.344. The molecule has 1 nitrogen and oxygen atoms in total. The summed E-state index contributed by atoms with van der Waals surface area (Å²) in [4.78, 5) is 0. The molecule has 0 unspecified atom stereocenters. The molecule has 15 heavy (non-hydrogen) atoms. The van der Waals surface area contributed by atoms with Gasteiger partial charge in [0.05, 0.1) is 6.61 Å². The van der Waals surface area contributed by atoms with Crippen molar-refractivity contribution in [1.29, 1.82) is 0 Å². The van der Waals surface area contributed by atoms with Crippen LogP contribution in [0.2, 0.25) is 0 Å². The number of hydrogen-bond acceptors (Lipinski definition) is 2. The van der Waals surface area contributed by atoms with Crippen LogP contribution < -0.4 is 4.74 Å². The standard InChI is InChI=1S/C13H20OS/c1-11(2)10-15-9-8-14-13-6-4-12(3)5-7-13/h4-7,11H,8-10H2,1-3H3. The van der Waals surface area contributed by atoms with E-state index in [2.05, 4.69) is 32.9 Å². The van der Waals surface area contributed by atoms with Gasteiger partial charge in [-0.2, -0.15) is 11.8 Å². The predicted octanol–water partition coefficient (Wildman–Crippen LogP) is 3.76. The third kappa shape index (κ3) is 5.73. The third-order valence-electron chi connectivity index (χ3n) is 1.97. The van der Waals surface area contributed by atoms with E-state index < -0.39 is 0 Å². The second-order valence-electron chi connectivity index (χ2n) is 4.13. The molecule has 0 spiro atoms. The zero-order valence-corrected chi connectivity index (χ0v) is 10.6. The highest BCUT2D eigenvalue weighted by Crippen LogP contribution is 2.12. The van der Waals surface area contributed by atoms with Gasteiger partial charge in [-0.15, -0.1) is 0 Å². The van der Waals surface area contributed by atoms with Crippen molar-refractivity contribution in [3.05, 3.63) is 29.8 Å². The molecule has 0 atom stereocenters. The Labute approximate surface area is 97.2 Å². The van der Waals surface area contributed by atoms with Gasteiger partial charge in [0.1, 0.15) is 5.75 Å². The van der Waals surface area contributed by atoms with Gasteiger partial charge in [-0.3, -0.25) is 0 Å². The van der Waals surface area contributed by atoms with Crippen molar-refractivity contribution in [1.82, 2.24) is 0 Å². The number of thioether (sulfide) groups is 1. The Hall–Kier alpha value is -0.630. The van der Waals surface area contributed by atoms with Crippen LogP contribution >= 0.6 is 11.8 Å². The molecule has 1 rings (SSSR count). The van der Waals surface area contributed by atoms with Gasteiger partial charge in [0.25, 0.3) is 0 Å². The molecule has 0 heterocycles. The van der Waals surface area contributed by atoms with Gasteiger partial charge in [-0.05, 0) is 30.7 Å². The highest BCUT2D eigenvalue weighted by molar-refractivity contribution is 7.99. The molecule has 0 saturated heterocycles. The lowest BCUT2D eigenvalue weighted by Crippen LogP contribution is -2.02. The fourth-order valence-electron chi connectivity index (χ4n) is 1.17. The molecule has 84 valence electrons. The molecule has 0 fully saturated rings. The largest absolute Gasteiger partial charge is 0.493 e. The van der Waals surface area contributed by atoms with E-state index in [1.54, 1.807) is 0 Å². The molecule has 0 aliphatic heterocycles. The molecule has 0 saturated carbocycles. The maximum absolute atomic E-state index is 5.62. The summed E-state index contributed by atoms with van der Waals surface area (Å²) in [5.74, 6) is 4.05. The minimum absolute atomic E-state index is 0.773. The quantitative estimate of drug-likeness (QED) is 0.680. The third-order valence-corrected chi connectivity index (χ3v) is 3.33. The summed E-state index contributed by atoms with van der Waals surface area (Å²) in [7, 11) is 0. The zero-order valence-electron chi connectivity index (χ0n) is 9.82. The average Bonchev–Trinajstić information content (AvgIpc) is 2.20. The highest BCUT2D eigenvalue weighted by Gasteiger charge is 1.95. The fraction of sp³-hybridized carbons (Fsp3) is 0.538. The SMILES string of the molecule is Cc1ccc(OCCSCC(C)C)cc1. The number of aryl methyl sites for hydroxylation is 1. The van der Waals surface area contributed by atoms with Crippen molar-refractivity contribution in [2.45, 2.75) is 20.8 Å². The summed E-state index contributed by atoms with van der Waals surface area (Å²) in [5, 5.41) is 0. The second-order valence-corrected chi connectivity index (χ2v) is 5.28. The molecule has 1 aromatic rings. The molecule has 0 bridgehead atoms. The first-order valence-electron chi connectivity index (χ1n) is 5.45. The minimum atomic E-state index is 0.773. The summed E-state index contributed by atoms with van der Waals surface area (Å²) < 4.78 is 5.62. The second kappa shape index (κ2) is 6.78. The van der Waals surface area contributed by atoms with Crippen molar-refractivity contribution >= 4 is 11.8 Å². The Morgan fingerprint density at radius 3 is 2.47 bits per heavy atom. The molecular weight excluding hydrogens is 204 g/mol. The Morgan fingerprint density at radius 2 is 1.87 bits per heavy atom. The van der Waals surface area contributed by atoms with Gasteiger partial charge >= 0.3 is 0 Å². The number of hydrogen-bond donors (Lipinski definition) is 0. The maximum Gasteiger partial charge on any atom is 0.119 e. The summed E-state index contributed by atoms with van der Waals surface area (Å²) in [6.45, 7) is 7.38. The van der Waals surface area contributed by atoms with Crippen molar-refractivity contribution in [3.8, 4) is 5.75 Å². The lowest BCUT2D eigenvalue weighted by Gasteiger charge is -2.07. The molecule has 0 radical (unpaired) electrons. The summed E-state index contributed by atoms with van der Waals surface area (Å²) in [6.07, 6.45) is 0. The molecule has 0 N–H and O–H groups in total. The van der Waals surface area contributed by atoms with E-state index in [-0.39, 0.29) is 0 Å². The minimum Gasteiger partial charge on any atom is -0.493 e. The molecule has 0 aliphatic carbocycles. The number of rotatable bonds is 6. The van der Waals surface area contributed by atoms with E-state index in [9.17, 15) is 0 Å². The molecule has 2 heteroatoms. The Kier molecular flexibility index (Phi) is 5.62. The van der Waals surface area contributed by atoms with Crippen LogP contribution in [0, 0.1) is 12.8 Å². The van der Waals surface area contributed by atoms with E-state index in [4.69, 9.17) is 4.74 Å².